The third-order valence-corrected chi connectivity index (χ3v) is 2.84. The van der Waals surface area contributed by atoms with Crippen LogP contribution >= 0.6 is 11.6 Å². The molecular formula is C13H14ClN5O2. The standard InChI is InChI=1S/C13H14ClN5O2/c14-10-5-7(18-13(17)19-12(15)16)1-3-9(10)11-4-2-8(6-20)21-11/h1-5,20H,6H2,(H6,15,16,17,18,19). The Bertz CT molecular complexity index is 704. The van der Waals surface area contributed by atoms with E-state index in [4.69, 9.17) is 38.3 Å². The first-order valence-electron chi connectivity index (χ1n) is 5.93. The highest BCUT2D eigenvalue weighted by molar-refractivity contribution is 6.33. The van der Waals surface area contributed by atoms with Crippen molar-refractivity contribution in [1.82, 2.24) is 0 Å². The average Bonchev–Trinajstić information content (AvgIpc) is 2.86. The molecule has 0 saturated carbocycles. The lowest BCUT2D eigenvalue weighted by molar-refractivity contribution is 0.248. The van der Waals surface area contributed by atoms with E-state index in [0.29, 0.717) is 27.8 Å². The van der Waals surface area contributed by atoms with Crippen LogP contribution in [0.5, 0.6) is 0 Å². The number of aliphatic imine (C=N–C) groups is 2. The number of nitrogens with zero attached hydrogens (tertiary/aromatic N) is 2. The predicted octanol–water partition coefficient (Wildman–Crippen LogP) is 1.31. The molecule has 1 heterocycles. The third-order valence-electron chi connectivity index (χ3n) is 2.52. The molecule has 1 aromatic carbocycles. The van der Waals surface area contributed by atoms with Crippen molar-refractivity contribution in [3.8, 4) is 11.3 Å². The van der Waals surface area contributed by atoms with Gasteiger partial charge in [-0.2, -0.15) is 4.99 Å². The molecule has 0 bridgehead atoms. The van der Waals surface area contributed by atoms with E-state index < -0.39 is 0 Å². The molecular weight excluding hydrogens is 294 g/mol. The Hall–Kier alpha value is -2.51. The summed E-state index contributed by atoms with van der Waals surface area (Å²) in [6.07, 6.45) is 0. The zero-order chi connectivity index (χ0) is 15.4. The van der Waals surface area contributed by atoms with Crippen molar-refractivity contribution in [3.05, 3.63) is 41.1 Å². The van der Waals surface area contributed by atoms with Crippen LogP contribution in [0, 0.1) is 0 Å². The normalized spacial score (nSPS) is 11.4. The Morgan fingerprint density at radius 2 is 1.95 bits per heavy atom. The molecule has 21 heavy (non-hydrogen) atoms. The van der Waals surface area contributed by atoms with Crippen LogP contribution in [-0.2, 0) is 6.61 Å². The lowest BCUT2D eigenvalue weighted by atomic mass is 10.1. The van der Waals surface area contributed by atoms with Gasteiger partial charge < -0.3 is 26.7 Å². The molecule has 0 spiro atoms. The fraction of sp³-hybridized carbons (Fsp3) is 0.0769. The minimum Gasteiger partial charge on any atom is -0.459 e. The van der Waals surface area contributed by atoms with Crippen LogP contribution in [0.4, 0.5) is 5.69 Å². The molecule has 1 aromatic heterocycles. The van der Waals surface area contributed by atoms with Gasteiger partial charge in [-0.3, -0.25) is 0 Å². The second kappa shape index (κ2) is 6.29. The van der Waals surface area contributed by atoms with E-state index in [2.05, 4.69) is 9.98 Å². The van der Waals surface area contributed by atoms with Gasteiger partial charge >= 0.3 is 0 Å². The molecule has 0 unspecified atom stereocenters. The van der Waals surface area contributed by atoms with Crippen molar-refractivity contribution in [2.45, 2.75) is 6.61 Å². The van der Waals surface area contributed by atoms with Crippen LogP contribution in [0.25, 0.3) is 11.3 Å². The highest BCUT2D eigenvalue weighted by Crippen LogP contribution is 2.32. The molecule has 0 saturated heterocycles. The van der Waals surface area contributed by atoms with E-state index in [0.717, 1.165) is 0 Å². The van der Waals surface area contributed by atoms with Crippen LogP contribution in [0.2, 0.25) is 5.02 Å². The fourth-order valence-corrected chi connectivity index (χ4v) is 1.94. The van der Waals surface area contributed by atoms with Gasteiger partial charge in [0.1, 0.15) is 18.1 Å². The zero-order valence-corrected chi connectivity index (χ0v) is 11.7. The van der Waals surface area contributed by atoms with Crippen molar-refractivity contribution in [3.63, 3.8) is 0 Å². The van der Waals surface area contributed by atoms with Crippen LogP contribution in [0.1, 0.15) is 5.76 Å². The van der Waals surface area contributed by atoms with Gasteiger partial charge in [-0.1, -0.05) is 11.6 Å². The quantitative estimate of drug-likeness (QED) is 0.500. The maximum absolute atomic E-state index is 8.99. The van der Waals surface area contributed by atoms with Crippen LogP contribution in [0.15, 0.2) is 44.7 Å². The summed E-state index contributed by atoms with van der Waals surface area (Å²) in [5.41, 5.74) is 17.1. The molecule has 0 aliphatic rings. The molecule has 110 valence electrons. The number of aliphatic hydroxyl groups is 1. The second-order valence-electron chi connectivity index (χ2n) is 4.09. The average molecular weight is 308 g/mol. The van der Waals surface area contributed by atoms with Gasteiger partial charge in [-0.15, -0.1) is 0 Å². The molecule has 7 N–H and O–H groups in total. The van der Waals surface area contributed by atoms with Gasteiger partial charge in [-0.05, 0) is 30.3 Å². The van der Waals surface area contributed by atoms with Crippen LogP contribution in [-0.4, -0.2) is 17.0 Å². The molecule has 0 aliphatic heterocycles. The van der Waals surface area contributed by atoms with E-state index in [-0.39, 0.29) is 18.5 Å². The summed E-state index contributed by atoms with van der Waals surface area (Å²) in [4.78, 5) is 7.62. The summed E-state index contributed by atoms with van der Waals surface area (Å²) in [7, 11) is 0. The second-order valence-corrected chi connectivity index (χ2v) is 4.50. The fourth-order valence-electron chi connectivity index (χ4n) is 1.67. The number of hydrogen-bond acceptors (Lipinski definition) is 3. The molecule has 0 fully saturated rings. The van der Waals surface area contributed by atoms with Crippen molar-refractivity contribution in [2.75, 3.05) is 0 Å². The van der Waals surface area contributed by atoms with E-state index >= 15 is 0 Å². The molecule has 2 rings (SSSR count). The van der Waals surface area contributed by atoms with Gasteiger partial charge in [0.25, 0.3) is 0 Å². The number of benzene rings is 1. The van der Waals surface area contributed by atoms with E-state index in [1.165, 1.54) is 0 Å². The number of furan rings is 1. The number of rotatable bonds is 3. The maximum Gasteiger partial charge on any atom is 0.223 e. The molecule has 7 nitrogen and oxygen atoms in total. The Balaban J connectivity index is 2.31. The first-order valence-corrected chi connectivity index (χ1v) is 6.30. The smallest absolute Gasteiger partial charge is 0.223 e. The van der Waals surface area contributed by atoms with Crippen molar-refractivity contribution in [1.29, 1.82) is 0 Å². The zero-order valence-electron chi connectivity index (χ0n) is 11.0. The van der Waals surface area contributed by atoms with Gasteiger partial charge in [0, 0.05) is 5.56 Å². The summed E-state index contributed by atoms with van der Waals surface area (Å²) in [6.45, 7) is -0.172. The van der Waals surface area contributed by atoms with Crippen molar-refractivity contribution in [2.24, 2.45) is 27.2 Å². The van der Waals surface area contributed by atoms with Crippen molar-refractivity contribution >= 4 is 29.2 Å². The van der Waals surface area contributed by atoms with Gasteiger partial charge in [0.05, 0.1) is 10.7 Å². The summed E-state index contributed by atoms with van der Waals surface area (Å²) in [5, 5.41) is 9.41. The Kier molecular flexibility index (Phi) is 4.46. The Labute approximate surface area is 125 Å². The van der Waals surface area contributed by atoms with Crippen LogP contribution < -0.4 is 17.2 Å². The minimum atomic E-state index is -0.175. The van der Waals surface area contributed by atoms with Crippen molar-refractivity contribution < 1.29 is 9.52 Å². The third kappa shape index (κ3) is 3.74. The Morgan fingerprint density at radius 1 is 1.19 bits per heavy atom. The lowest BCUT2D eigenvalue weighted by Gasteiger charge is -2.03. The molecule has 8 heteroatoms. The summed E-state index contributed by atoms with van der Waals surface area (Å²) in [6, 6.07) is 8.42. The number of aliphatic hydroxyl groups excluding tert-OH is 1. The Morgan fingerprint density at radius 3 is 2.52 bits per heavy atom. The molecule has 0 aliphatic carbocycles. The SMILES string of the molecule is NC(N)=NC(N)=Nc1ccc(-c2ccc(CO)o2)c(Cl)c1. The molecule has 0 amide bonds. The molecule has 0 radical (unpaired) electrons. The van der Waals surface area contributed by atoms with Gasteiger partial charge in [-0.25, -0.2) is 4.99 Å². The summed E-state index contributed by atoms with van der Waals surface area (Å²) < 4.78 is 5.42. The van der Waals surface area contributed by atoms with E-state index in [1.807, 2.05) is 0 Å². The highest BCUT2D eigenvalue weighted by atomic mass is 35.5. The number of nitrogens with two attached hydrogens (primary N) is 3. The lowest BCUT2D eigenvalue weighted by Crippen LogP contribution is -2.26. The monoisotopic (exact) mass is 307 g/mol. The van der Waals surface area contributed by atoms with Gasteiger partial charge in [0.2, 0.25) is 5.96 Å². The van der Waals surface area contributed by atoms with E-state index in [1.54, 1.807) is 30.3 Å². The first kappa shape index (κ1) is 14.9. The van der Waals surface area contributed by atoms with Crippen LogP contribution in [0.3, 0.4) is 0 Å². The summed E-state index contributed by atoms with van der Waals surface area (Å²) >= 11 is 6.19. The van der Waals surface area contributed by atoms with E-state index in [9.17, 15) is 0 Å². The minimum absolute atomic E-state index is 0.0700. The largest absolute Gasteiger partial charge is 0.459 e. The maximum atomic E-state index is 8.99. The van der Waals surface area contributed by atoms with Gasteiger partial charge in [0.15, 0.2) is 5.96 Å². The number of halogens is 1. The first-order chi connectivity index (χ1) is 9.99. The number of guanidine groups is 2. The molecule has 0 atom stereocenters. The highest BCUT2D eigenvalue weighted by Gasteiger charge is 2.09. The topological polar surface area (TPSA) is 136 Å². The number of hydrogen-bond donors (Lipinski definition) is 4. The predicted molar refractivity (Wildman–Crippen MR) is 82.2 cm³/mol. The molecule has 2 aromatic rings. The summed E-state index contributed by atoms with van der Waals surface area (Å²) in [5.74, 6) is 0.766.